The van der Waals surface area contributed by atoms with Crippen molar-refractivity contribution >= 4 is 22.7 Å². The summed E-state index contributed by atoms with van der Waals surface area (Å²) in [5.41, 5.74) is 12.2. The molecule has 0 saturated heterocycles. The predicted octanol–water partition coefficient (Wildman–Crippen LogP) is -0.240. The normalized spacial score (nSPS) is 10.1. The third-order valence-corrected chi connectivity index (χ3v) is 1.84. The van der Waals surface area contributed by atoms with Gasteiger partial charge in [-0.3, -0.25) is 0 Å². The molecule has 0 bridgehead atoms. The van der Waals surface area contributed by atoms with Crippen molar-refractivity contribution in [2.45, 2.75) is 6.42 Å². The molecule has 15 heavy (non-hydrogen) atoms. The van der Waals surface area contributed by atoms with Crippen molar-refractivity contribution in [2.24, 2.45) is 0 Å². The molecule has 74 valence electrons. The molecule has 0 aliphatic carbocycles. The first-order chi connectivity index (χ1) is 7.22. The summed E-state index contributed by atoms with van der Waals surface area (Å²) in [5.74, 6) is 3.42. The Hall–Kier alpha value is -2.42. The molecule has 0 aliphatic rings. The Kier molecular flexibility index (Phi) is 2.06. The van der Waals surface area contributed by atoms with Crippen LogP contribution in [0.4, 0.5) is 11.6 Å². The van der Waals surface area contributed by atoms with Gasteiger partial charge in [-0.15, -0.1) is 6.42 Å². The Bertz CT molecular complexity index is 556. The number of terminal acetylenes is 1. The molecule has 0 atom stereocenters. The van der Waals surface area contributed by atoms with Gasteiger partial charge in [-0.2, -0.15) is 0 Å². The Morgan fingerprint density at radius 3 is 2.67 bits per heavy atom. The van der Waals surface area contributed by atoms with Crippen molar-refractivity contribution in [2.75, 3.05) is 11.5 Å². The van der Waals surface area contributed by atoms with Crippen LogP contribution in [0.3, 0.4) is 0 Å². The summed E-state index contributed by atoms with van der Waals surface area (Å²) in [4.78, 5) is 15.9. The fraction of sp³-hybridized carbons (Fsp3) is 0.111. The number of nitrogens with zero attached hydrogens (tertiary/aromatic N) is 4. The number of hydrogen-bond donors (Lipinski definition) is 2. The lowest BCUT2D eigenvalue weighted by Gasteiger charge is -2.03. The largest absolute Gasteiger partial charge is 0.382 e. The fourth-order valence-electron chi connectivity index (χ4n) is 1.21. The third kappa shape index (κ3) is 1.50. The molecule has 0 aromatic carbocycles. The van der Waals surface area contributed by atoms with Crippen molar-refractivity contribution in [3.05, 3.63) is 12.2 Å². The van der Waals surface area contributed by atoms with Crippen molar-refractivity contribution in [3.63, 3.8) is 0 Å². The first-order valence-corrected chi connectivity index (χ1v) is 4.18. The lowest BCUT2D eigenvalue weighted by Crippen LogP contribution is -2.04. The Labute approximate surface area is 85.8 Å². The zero-order chi connectivity index (χ0) is 10.8. The summed E-state index contributed by atoms with van der Waals surface area (Å²) in [6, 6.07) is 0. The Balaban J connectivity index is 2.75. The predicted molar refractivity (Wildman–Crippen MR) is 56.5 cm³/mol. The zero-order valence-corrected chi connectivity index (χ0v) is 7.81. The summed E-state index contributed by atoms with van der Waals surface area (Å²) in [6.07, 6.45) is 6.78. The lowest BCUT2D eigenvalue weighted by atomic mass is 10.3. The highest BCUT2D eigenvalue weighted by molar-refractivity contribution is 5.90. The van der Waals surface area contributed by atoms with E-state index in [9.17, 15) is 0 Å². The van der Waals surface area contributed by atoms with Gasteiger partial charge in [0.05, 0.1) is 6.42 Å². The summed E-state index contributed by atoms with van der Waals surface area (Å²) in [6.45, 7) is 0. The van der Waals surface area contributed by atoms with Crippen LogP contribution in [0.25, 0.3) is 11.0 Å². The molecule has 6 nitrogen and oxygen atoms in total. The number of anilines is 2. The van der Waals surface area contributed by atoms with Gasteiger partial charge in [-0.25, -0.2) is 19.9 Å². The van der Waals surface area contributed by atoms with Gasteiger partial charge in [0, 0.05) is 0 Å². The van der Waals surface area contributed by atoms with Gasteiger partial charge in [0.2, 0.25) is 0 Å². The molecule has 6 heteroatoms. The van der Waals surface area contributed by atoms with Gasteiger partial charge < -0.3 is 11.5 Å². The summed E-state index contributed by atoms with van der Waals surface area (Å²) < 4.78 is 0. The van der Waals surface area contributed by atoms with E-state index in [1.54, 1.807) is 0 Å². The first-order valence-electron chi connectivity index (χ1n) is 4.18. The summed E-state index contributed by atoms with van der Waals surface area (Å²) in [7, 11) is 0. The van der Waals surface area contributed by atoms with Crippen molar-refractivity contribution < 1.29 is 0 Å². The molecule has 0 spiro atoms. The average Bonchev–Trinajstić information content (AvgIpc) is 2.20. The van der Waals surface area contributed by atoms with Crippen LogP contribution >= 0.6 is 0 Å². The van der Waals surface area contributed by atoms with Crippen molar-refractivity contribution in [3.8, 4) is 12.3 Å². The van der Waals surface area contributed by atoms with E-state index in [2.05, 4.69) is 25.9 Å². The molecular formula is C9H8N6. The lowest BCUT2D eigenvalue weighted by molar-refractivity contribution is 1.03. The van der Waals surface area contributed by atoms with E-state index in [1.165, 1.54) is 6.33 Å². The molecule has 4 N–H and O–H groups in total. The molecule has 0 amide bonds. The van der Waals surface area contributed by atoms with Crippen LogP contribution in [0.1, 0.15) is 5.82 Å². The maximum absolute atomic E-state index is 5.69. The molecule has 2 rings (SSSR count). The second-order valence-electron chi connectivity index (χ2n) is 2.86. The maximum atomic E-state index is 5.69. The molecule has 0 radical (unpaired) electrons. The molecule has 0 fully saturated rings. The quantitative estimate of drug-likeness (QED) is 0.616. The second kappa shape index (κ2) is 3.38. The van der Waals surface area contributed by atoms with Crippen LogP contribution in [0.5, 0.6) is 0 Å². The number of nitrogen functional groups attached to an aromatic ring is 2. The standard InChI is InChI=1S/C9H8N6/c1-2-3-5-14-7-6(9(11)15-5)12-4-13-8(7)10/h1,4H,3H2,(H2,10,12,13)(H2,11,14,15). The van der Waals surface area contributed by atoms with Gasteiger partial charge in [0.15, 0.2) is 11.6 Å². The van der Waals surface area contributed by atoms with E-state index in [-0.39, 0.29) is 11.6 Å². The average molecular weight is 200 g/mol. The van der Waals surface area contributed by atoms with Crippen LogP contribution in [0.15, 0.2) is 6.33 Å². The number of hydrogen-bond acceptors (Lipinski definition) is 6. The molecule has 2 aromatic heterocycles. The van der Waals surface area contributed by atoms with Crippen molar-refractivity contribution in [1.82, 2.24) is 19.9 Å². The minimum absolute atomic E-state index is 0.263. The van der Waals surface area contributed by atoms with E-state index in [0.29, 0.717) is 23.3 Å². The molecule has 0 unspecified atom stereocenters. The topological polar surface area (TPSA) is 104 Å². The minimum atomic E-state index is 0.263. The first kappa shape index (κ1) is 9.15. The van der Waals surface area contributed by atoms with Gasteiger partial charge in [0.1, 0.15) is 23.2 Å². The highest BCUT2D eigenvalue weighted by atomic mass is 15.0. The monoisotopic (exact) mass is 200 g/mol. The number of nitrogens with two attached hydrogens (primary N) is 2. The fourth-order valence-corrected chi connectivity index (χ4v) is 1.21. The Morgan fingerprint density at radius 1 is 1.13 bits per heavy atom. The van der Waals surface area contributed by atoms with Gasteiger partial charge >= 0.3 is 0 Å². The van der Waals surface area contributed by atoms with Crippen LogP contribution in [0, 0.1) is 12.3 Å². The molecule has 2 heterocycles. The summed E-state index contributed by atoms with van der Waals surface area (Å²) >= 11 is 0. The number of fused-ring (bicyclic) bond motifs is 1. The van der Waals surface area contributed by atoms with E-state index in [4.69, 9.17) is 17.9 Å². The molecular weight excluding hydrogens is 192 g/mol. The highest BCUT2D eigenvalue weighted by Crippen LogP contribution is 2.18. The third-order valence-electron chi connectivity index (χ3n) is 1.84. The Morgan fingerprint density at radius 2 is 1.93 bits per heavy atom. The smallest absolute Gasteiger partial charge is 0.154 e. The van der Waals surface area contributed by atoms with Crippen LogP contribution in [-0.2, 0) is 6.42 Å². The summed E-state index contributed by atoms with van der Waals surface area (Å²) in [5, 5.41) is 0. The van der Waals surface area contributed by atoms with Gasteiger partial charge in [-0.05, 0) is 0 Å². The molecule has 2 aromatic rings. The number of rotatable bonds is 1. The van der Waals surface area contributed by atoms with E-state index in [0.717, 1.165) is 0 Å². The minimum Gasteiger partial charge on any atom is -0.382 e. The number of aromatic nitrogens is 4. The molecule has 0 aliphatic heterocycles. The van der Waals surface area contributed by atoms with Crippen LogP contribution < -0.4 is 11.5 Å². The van der Waals surface area contributed by atoms with E-state index < -0.39 is 0 Å². The van der Waals surface area contributed by atoms with Crippen molar-refractivity contribution in [1.29, 1.82) is 0 Å². The van der Waals surface area contributed by atoms with Gasteiger partial charge in [0.25, 0.3) is 0 Å². The van der Waals surface area contributed by atoms with E-state index in [1.807, 2.05) is 0 Å². The van der Waals surface area contributed by atoms with Gasteiger partial charge in [-0.1, -0.05) is 5.92 Å². The molecule has 0 saturated carbocycles. The second-order valence-corrected chi connectivity index (χ2v) is 2.86. The van der Waals surface area contributed by atoms with Crippen LogP contribution in [-0.4, -0.2) is 19.9 Å². The van der Waals surface area contributed by atoms with Crippen LogP contribution in [0.2, 0.25) is 0 Å². The zero-order valence-electron chi connectivity index (χ0n) is 7.81. The van der Waals surface area contributed by atoms with E-state index >= 15 is 0 Å². The SMILES string of the molecule is C#CCc1nc(N)c2ncnc(N)c2n1. The maximum Gasteiger partial charge on any atom is 0.154 e. The highest BCUT2D eigenvalue weighted by Gasteiger charge is 2.08.